The second-order valence-electron chi connectivity index (χ2n) is 4.64. The fourth-order valence-electron chi connectivity index (χ4n) is 2.34. The predicted molar refractivity (Wildman–Crippen MR) is 79.5 cm³/mol. The Labute approximate surface area is 119 Å². The van der Waals surface area contributed by atoms with Gasteiger partial charge in [-0.3, -0.25) is 4.68 Å². The number of hydrogen-bond donors (Lipinski definition) is 1. The van der Waals surface area contributed by atoms with Gasteiger partial charge in [0.1, 0.15) is 0 Å². The van der Waals surface area contributed by atoms with Gasteiger partial charge in [0.2, 0.25) is 0 Å². The first kappa shape index (κ1) is 14.2. The van der Waals surface area contributed by atoms with Gasteiger partial charge in [-0.15, -0.1) is 0 Å². The topological polar surface area (TPSA) is 29.9 Å². The molecule has 3 nitrogen and oxygen atoms in total. The molecule has 1 aliphatic rings. The number of nitrogens with zero attached hydrogens (tertiary/aromatic N) is 2. The highest BCUT2D eigenvalue weighted by Gasteiger charge is 2.17. The molecule has 1 aromatic heterocycles. The van der Waals surface area contributed by atoms with Crippen LogP contribution in [0.25, 0.3) is 0 Å². The van der Waals surface area contributed by atoms with Gasteiger partial charge < -0.3 is 5.32 Å². The van der Waals surface area contributed by atoms with Crippen LogP contribution < -0.4 is 5.32 Å². The van der Waals surface area contributed by atoms with E-state index in [1.807, 2.05) is 4.68 Å². The molecular weight excluding hydrogens is 266 g/mol. The van der Waals surface area contributed by atoms with Crippen molar-refractivity contribution in [1.82, 2.24) is 15.1 Å². The zero-order valence-electron chi connectivity index (χ0n) is 11.2. The monoisotopic (exact) mass is 287 g/mol. The van der Waals surface area contributed by atoms with Crippen LogP contribution in [0.1, 0.15) is 38.1 Å². The third-order valence-corrected chi connectivity index (χ3v) is 5.22. The van der Waals surface area contributed by atoms with E-state index in [4.69, 9.17) is 11.6 Å². The quantitative estimate of drug-likeness (QED) is 0.872. The molecule has 0 amide bonds. The molecule has 0 aliphatic carbocycles. The van der Waals surface area contributed by atoms with Gasteiger partial charge in [-0.25, -0.2) is 0 Å². The van der Waals surface area contributed by atoms with Crippen LogP contribution in [0.4, 0.5) is 0 Å². The lowest BCUT2D eigenvalue weighted by Crippen LogP contribution is -2.24. The number of halogens is 1. The average molecular weight is 288 g/mol. The van der Waals surface area contributed by atoms with Crippen molar-refractivity contribution in [3.05, 3.63) is 16.4 Å². The molecule has 0 aromatic carbocycles. The number of rotatable bonds is 6. The highest BCUT2D eigenvalue weighted by atomic mass is 35.5. The molecule has 0 spiro atoms. The fraction of sp³-hybridized carbons (Fsp3) is 0.769. The Balaban J connectivity index is 1.92. The second kappa shape index (κ2) is 6.83. The molecule has 1 aliphatic heterocycles. The SMILES string of the molecule is CCc1nn(CC)c(CNCC2CCCS2)c1Cl. The molecule has 2 rings (SSSR count). The average Bonchev–Trinajstić information content (AvgIpc) is 2.99. The van der Waals surface area contributed by atoms with Crippen molar-refractivity contribution in [2.75, 3.05) is 12.3 Å². The van der Waals surface area contributed by atoms with Crippen LogP contribution in [0.3, 0.4) is 0 Å². The zero-order valence-corrected chi connectivity index (χ0v) is 12.8. The molecule has 5 heteroatoms. The molecule has 1 fully saturated rings. The van der Waals surface area contributed by atoms with E-state index < -0.39 is 0 Å². The third-order valence-electron chi connectivity index (χ3n) is 3.38. The first-order chi connectivity index (χ1) is 8.76. The van der Waals surface area contributed by atoms with E-state index in [9.17, 15) is 0 Å². The normalized spacial score (nSPS) is 19.6. The molecular formula is C13H22ClN3S. The number of thioether (sulfide) groups is 1. The van der Waals surface area contributed by atoms with Crippen molar-refractivity contribution < 1.29 is 0 Å². The smallest absolute Gasteiger partial charge is 0.0863 e. The molecule has 1 N–H and O–H groups in total. The number of aryl methyl sites for hydroxylation is 2. The van der Waals surface area contributed by atoms with E-state index in [0.29, 0.717) is 0 Å². The minimum absolute atomic E-state index is 0.785. The summed E-state index contributed by atoms with van der Waals surface area (Å²) in [5.74, 6) is 1.32. The number of hydrogen-bond acceptors (Lipinski definition) is 3. The van der Waals surface area contributed by atoms with Crippen molar-refractivity contribution in [2.24, 2.45) is 0 Å². The predicted octanol–water partition coefficient (Wildman–Crippen LogP) is 3.10. The van der Waals surface area contributed by atoms with E-state index in [1.165, 1.54) is 18.6 Å². The first-order valence-electron chi connectivity index (χ1n) is 6.82. The van der Waals surface area contributed by atoms with Crippen LogP contribution in [-0.2, 0) is 19.5 Å². The van der Waals surface area contributed by atoms with E-state index in [1.54, 1.807) is 0 Å². The Hall–Kier alpha value is -0.190. The van der Waals surface area contributed by atoms with Gasteiger partial charge >= 0.3 is 0 Å². The Morgan fingerprint density at radius 3 is 2.94 bits per heavy atom. The lowest BCUT2D eigenvalue weighted by molar-refractivity contribution is 0.570. The van der Waals surface area contributed by atoms with Gasteiger partial charge in [-0.05, 0) is 31.9 Å². The number of nitrogens with one attached hydrogen (secondary N) is 1. The largest absolute Gasteiger partial charge is 0.310 e. The second-order valence-corrected chi connectivity index (χ2v) is 6.43. The molecule has 1 saturated heterocycles. The van der Waals surface area contributed by atoms with Crippen LogP contribution in [0, 0.1) is 0 Å². The van der Waals surface area contributed by atoms with Gasteiger partial charge in [0.25, 0.3) is 0 Å². The van der Waals surface area contributed by atoms with Crippen molar-refractivity contribution in [1.29, 1.82) is 0 Å². The van der Waals surface area contributed by atoms with Crippen LogP contribution in [0.15, 0.2) is 0 Å². The minimum atomic E-state index is 0.785. The highest BCUT2D eigenvalue weighted by molar-refractivity contribution is 8.00. The van der Waals surface area contributed by atoms with Crippen LogP contribution >= 0.6 is 23.4 Å². The van der Waals surface area contributed by atoms with Gasteiger partial charge in [-0.1, -0.05) is 18.5 Å². The summed E-state index contributed by atoms with van der Waals surface area (Å²) in [6, 6.07) is 0. The standard InChI is InChI=1S/C13H22ClN3S/c1-3-11-13(14)12(17(4-2)16-11)9-15-8-10-6-5-7-18-10/h10,15H,3-9H2,1-2H3. The van der Waals surface area contributed by atoms with Crippen molar-refractivity contribution in [2.45, 2.75) is 51.4 Å². The van der Waals surface area contributed by atoms with Crippen molar-refractivity contribution >= 4 is 23.4 Å². The first-order valence-corrected chi connectivity index (χ1v) is 8.25. The molecule has 0 radical (unpaired) electrons. The van der Waals surface area contributed by atoms with Gasteiger partial charge in [0, 0.05) is 24.9 Å². The molecule has 0 bridgehead atoms. The highest BCUT2D eigenvalue weighted by Crippen LogP contribution is 2.26. The molecule has 1 unspecified atom stereocenters. The molecule has 18 heavy (non-hydrogen) atoms. The summed E-state index contributed by atoms with van der Waals surface area (Å²) in [4.78, 5) is 0. The summed E-state index contributed by atoms with van der Waals surface area (Å²) >= 11 is 8.46. The molecule has 0 saturated carbocycles. The number of aromatic nitrogens is 2. The van der Waals surface area contributed by atoms with E-state index in [2.05, 4.69) is 36.0 Å². The molecule has 1 atom stereocenters. The van der Waals surface area contributed by atoms with Crippen molar-refractivity contribution in [3.63, 3.8) is 0 Å². The zero-order chi connectivity index (χ0) is 13.0. The van der Waals surface area contributed by atoms with Crippen LogP contribution in [0.2, 0.25) is 5.02 Å². The minimum Gasteiger partial charge on any atom is -0.310 e. The van der Waals surface area contributed by atoms with Crippen LogP contribution in [-0.4, -0.2) is 27.3 Å². The lowest BCUT2D eigenvalue weighted by Gasteiger charge is -2.11. The Morgan fingerprint density at radius 1 is 1.50 bits per heavy atom. The maximum absolute atomic E-state index is 6.38. The summed E-state index contributed by atoms with van der Waals surface area (Å²) in [7, 11) is 0. The molecule has 1 aromatic rings. The Kier molecular flexibility index (Phi) is 5.39. The van der Waals surface area contributed by atoms with Crippen molar-refractivity contribution in [3.8, 4) is 0 Å². The summed E-state index contributed by atoms with van der Waals surface area (Å²) < 4.78 is 2.02. The Bertz CT molecular complexity index is 386. The molecule has 2 heterocycles. The molecule has 102 valence electrons. The summed E-state index contributed by atoms with van der Waals surface area (Å²) in [6.45, 7) is 7.00. The maximum atomic E-state index is 6.38. The Morgan fingerprint density at radius 2 is 2.33 bits per heavy atom. The third kappa shape index (κ3) is 3.22. The van der Waals surface area contributed by atoms with Crippen LogP contribution in [0.5, 0.6) is 0 Å². The lowest BCUT2D eigenvalue weighted by atomic mass is 10.2. The summed E-state index contributed by atoms with van der Waals surface area (Å²) in [5.41, 5.74) is 2.16. The maximum Gasteiger partial charge on any atom is 0.0863 e. The van der Waals surface area contributed by atoms with Gasteiger partial charge in [0.15, 0.2) is 0 Å². The summed E-state index contributed by atoms with van der Waals surface area (Å²) in [6.07, 6.45) is 3.61. The van der Waals surface area contributed by atoms with E-state index >= 15 is 0 Å². The van der Waals surface area contributed by atoms with E-state index in [-0.39, 0.29) is 0 Å². The van der Waals surface area contributed by atoms with Gasteiger partial charge in [0.05, 0.1) is 16.4 Å². The summed E-state index contributed by atoms with van der Waals surface area (Å²) in [5, 5.41) is 9.70. The fourth-order valence-corrected chi connectivity index (χ4v) is 3.91. The van der Waals surface area contributed by atoms with Gasteiger partial charge in [-0.2, -0.15) is 16.9 Å². The van der Waals surface area contributed by atoms with E-state index in [0.717, 1.165) is 47.7 Å².